The Morgan fingerprint density at radius 1 is 0.571 bits per heavy atom. The van der Waals surface area contributed by atoms with Crippen LogP contribution in [0.3, 0.4) is 0 Å². The number of hydrogen-bond donors (Lipinski definition) is 1. The second-order valence-corrected chi connectivity index (χ2v) is 11.4. The number of phenols is 1. The normalized spacial score (nSPS) is 18.5. The molecule has 0 fully saturated rings. The van der Waals surface area contributed by atoms with Crippen molar-refractivity contribution in [3.8, 4) is 33.8 Å². The fourth-order valence-corrected chi connectivity index (χ4v) is 9.22. The highest BCUT2D eigenvalue weighted by Gasteiger charge is 2.61. The van der Waals surface area contributed by atoms with E-state index in [1.807, 2.05) is 84.9 Å². The maximum absolute atomic E-state index is 15.9. The molecule has 5 aromatic carbocycles. The van der Waals surface area contributed by atoms with Gasteiger partial charge < -0.3 is 9.63 Å². The predicted octanol–water partition coefficient (Wildman–Crippen LogP) is 7.33. The molecule has 0 saturated heterocycles. The molecule has 1 unspecified atom stereocenters. The number of hydrogen-bond acceptors (Lipinski definition) is 3. The lowest BCUT2D eigenvalue weighted by Crippen LogP contribution is -2.36. The summed E-state index contributed by atoms with van der Waals surface area (Å²) in [5.74, 6) is 0.784. The molecule has 1 atom stereocenters. The summed E-state index contributed by atoms with van der Waals surface area (Å²) in [4.78, 5) is 0. The van der Waals surface area contributed by atoms with Gasteiger partial charge in [-0.25, -0.2) is 0 Å². The Labute approximate surface area is 203 Å². The first-order valence-corrected chi connectivity index (χ1v) is 13.2. The molecule has 0 radical (unpaired) electrons. The smallest absolute Gasteiger partial charge is 0.296 e. The van der Waals surface area contributed by atoms with Gasteiger partial charge in [0.25, 0.3) is 7.37 Å². The van der Waals surface area contributed by atoms with E-state index in [0.29, 0.717) is 11.1 Å². The molecule has 1 N–H and O–H groups in total. The Morgan fingerprint density at radius 3 is 1.74 bits per heavy atom. The molecule has 4 heteroatoms. The quantitative estimate of drug-likeness (QED) is 0.274. The second kappa shape index (κ2) is 7.21. The Hall–Kier alpha value is -4.07. The number of para-hydroxylation sites is 1. The Balaban J connectivity index is 1.67. The van der Waals surface area contributed by atoms with E-state index in [9.17, 15) is 5.11 Å². The molecule has 1 aliphatic carbocycles. The number of aromatic hydroxyl groups is 1. The van der Waals surface area contributed by atoms with Crippen molar-refractivity contribution in [2.24, 2.45) is 0 Å². The van der Waals surface area contributed by atoms with Gasteiger partial charge in [0, 0.05) is 5.56 Å². The van der Waals surface area contributed by atoms with Crippen LogP contribution in [0.4, 0.5) is 0 Å². The molecule has 1 aliphatic heterocycles. The van der Waals surface area contributed by atoms with Crippen LogP contribution in [0, 0.1) is 0 Å². The lowest BCUT2D eigenvalue weighted by atomic mass is 9.88. The molecule has 168 valence electrons. The minimum Gasteiger partial charge on any atom is -0.508 e. The summed E-state index contributed by atoms with van der Waals surface area (Å²) in [5.41, 5.74) is 6.68. The van der Waals surface area contributed by atoms with Gasteiger partial charge in [0.2, 0.25) is 0 Å². The molecule has 5 aromatic rings. The zero-order valence-electron chi connectivity index (χ0n) is 18.8. The van der Waals surface area contributed by atoms with E-state index in [-0.39, 0.29) is 5.75 Å². The molecule has 3 nitrogen and oxygen atoms in total. The van der Waals surface area contributed by atoms with Gasteiger partial charge in [0.1, 0.15) is 16.7 Å². The van der Waals surface area contributed by atoms with Crippen LogP contribution in [0.2, 0.25) is 0 Å². The third kappa shape index (κ3) is 2.54. The summed E-state index contributed by atoms with van der Waals surface area (Å²) in [7, 11) is -3.70. The van der Waals surface area contributed by atoms with Crippen LogP contribution < -0.4 is 9.83 Å². The number of fused-ring (bicyclic) bond motifs is 6. The van der Waals surface area contributed by atoms with Crippen LogP contribution in [0.15, 0.2) is 121 Å². The van der Waals surface area contributed by atoms with Crippen molar-refractivity contribution >= 4 is 12.7 Å². The summed E-state index contributed by atoms with van der Waals surface area (Å²) in [5, 5.41) is 9.76. The summed E-state index contributed by atoms with van der Waals surface area (Å²) >= 11 is 0. The van der Waals surface area contributed by atoms with Gasteiger partial charge in [-0.3, -0.25) is 4.57 Å². The van der Waals surface area contributed by atoms with Crippen LogP contribution in [0.25, 0.3) is 22.3 Å². The van der Waals surface area contributed by atoms with Crippen molar-refractivity contribution in [2.75, 3.05) is 0 Å². The Morgan fingerprint density at radius 2 is 1.09 bits per heavy atom. The van der Waals surface area contributed by atoms with Gasteiger partial charge in [0.05, 0.1) is 5.30 Å². The Bertz CT molecular complexity index is 1620. The molecule has 0 saturated carbocycles. The van der Waals surface area contributed by atoms with Crippen molar-refractivity contribution in [1.82, 2.24) is 0 Å². The first-order valence-electron chi connectivity index (χ1n) is 11.6. The van der Waals surface area contributed by atoms with E-state index in [1.54, 1.807) is 12.1 Å². The largest absolute Gasteiger partial charge is 0.508 e. The monoisotopic (exact) mass is 472 g/mol. The van der Waals surface area contributed by atoms with Crippen LogP contribution in [-0.2, 0) is 9.72 Å². The van der Waals surface area contributed by atoms with Gasteiger partial charge in [-0.15, -0.1) is 0 Å². The Kier molecular flexibility index (Phi) is 4.19. The van der Waals surface area contributed by atoms with Gasteiger partial charge in [-0.05, 0) is 57.6 Å². The summed E-state index contributed by atoms with van der Waals surface area (Å²) in [6, 6.07) is 39.1. The molecular formula is C31H21O3P. The van der Waals surface area contributed by atoms with Crippen molar-refractivity contribution in [1.29, 1.82) is 0 Å². The van der Waals surface area contributed by atoms with E-state index in [0.717, 1.165) is 38.9 Å². The lowest BCUT2D eigenvalue weighted by Gasteiger charge is -2.42. The van der Waals surface area contributed by atoms with Gasteiger partial charge in [-0.1, -0.05) is 97.1 Å². The minimum absolute atomic E-state index is 0.164. The van der Waals surface area contributed by atoms with Crippen molar-refractivity contribution in [2.45, 2.75) is 5.16 Å². The maximum Gasteiger partial charge on any atom is 0.296 e. The van der Waals surface area contributed by atoms with Crippen molar-refractivity contribution < 1.29 is 14.2 Å². The van der Waals surface area contributed by atoms with Crippen LogP contribution in [0.1, 0.15) is 16.7 Å². The number of phenolic OH excluding ortho intramolecular Hbond substituents is 1. The SMILES string of the molecule is O=P1(C2(c3ccc(O)cc3)c3ccccc3-c3ccccc32)Oc2ccccc2-c2ccccc21. The molecule has 1 heterocycles. The molecule has 7 rings (SSSR count). The first kappa shape index (κ1) is 20.3. The topological polar surface area (TPSA) is 46.5 Å². The summed E-state index contributed by atoms with van der Waals surface area (Å²) in [6.45, 7) is 0. The highest BCUT2D eigenvalue weighted by atomic mass is 31.2. The molecule has 0 amide bonds. The minimum atomic E-state index is -3.70. The van der Waals surface area contributed by atoms with E-state index >= 15 is 4.57 Å². The standard InChI is InChI=1S/C31H21O3P/c32-22-19-17-21(18-20-22)31(27-13-5-1-9-23(27)24-10-2-6-14-28(24)31)35(33)30-16-8-4-12-26(30)25-11-3-7-15-29(25)34-35/h1-20,32H. The molecular weight excluding hydrogens is 451 g/mol. The summed E-state index contributed by atoms with van der Waals surface area (Å²) in [6.07, 6.45) is 0. The molecule has 0 spiro atoms. The maximum atomic E-state index is 15.9. The number of benzene rings is 5. The third-order valence-electron chi connectivity index (χ3n) is 7.28. The van der Waals surface area contributed by atoms with Crippen molar-refractivity contribution in [3.05, 3.63) is 138 Å². The fraction of sp³-hybridized carbons (Fsp3) is 0.0323. The highest BCUT2D eigenvalue weighted by molar-refractivity contribution is 7.69. The second-order valence-electron chi connectivity index (χ2n) is 9.00. The molecule has 35 heavy (non-hydrogen) atoms. The van der Waals surface area contributed by atoms with E-state index in [4.69, 9.17) is 4.52 Å². The molecule has 2 aliphatic rings. The van der Waals surface area contributed by atoms with Gasteiger partial charge in [-0.2, -0.15) is 0 Å². The first-order chi connectivity index (χ1) is 17.1. The predicted molar refractivity (Wildman–Crippen MR) is 140 cm³/mol. The molecule has 0 aromatic heterocycles. The van der Waals surface area contributed by atoms with Crippen LogP contribution in [0.5, 0.6) is 11.5 Å². The zero-order valence-corrected chi connectivity index (χ0v) is 19.7. The zero-order chi connectivity index (χ0) is 23.6. The third-order valence-corrected chi connectivity index (χ3v) is 10.4. The van der Waals surface area contributed by atoms with E-state index in [2.05, 4.69) is 24.3 Å². The van der Waals surface area contributed by atoms with E-state index in [1.165, 1.54) is 0 Å². The average molecular weight is 472 g/mol. The highest BCUT2D eigenvalue weighted by Crippen LogP contribution is 2.75. The van der Waals surface area contributed by atoms with Crippen LogP contribution in [-0.4, -0.2) is 5.11 Å². The summed E-state index contributed by atoms with van der Waals surface area (Å²) < 4.78 is 22.6. The van der Waals surface area contributed by atoms with Crippen LogP contribution >= 0.6 is 7.37 Å². The van der Waals surface area contributed by atoms with Crippen molar-refractivity contribution in [3.63, 3.8) is 0 Å². The van der Waals surface area contributed by atoms with E-state index < -0.39 is 12.5 Å². The fourth-order valence-electron chi connectivity index (χ4n) is 5.88. The van der Waals surface area contributed by atoms with Gasteiger partial charge >= 0.3 is 0 Å². The average Bonchev–Trinajstić information content (AvgIpc) is 3.21. The number of rotatable bonds is 2. The lowest BCUT2D eigenvalue weighted by molar-refractivity contribution is 0.467. The molecule has 0 bridgehead atoms. The van der Waals surface area contributed by atoms with Gasteiger partial charge in [0.15, 0.2) is 0 Å².